The zero-order valence-electron chi connectivity index (χ0n) is 37.8. The molecule has 0 aliphatic heterocycles. The summed E-state index contributed by atoms with van der Waals surface area (Å²) in [6.45, 7) is 5.30. The van der Waals surface area contributed by atoms with E-state index in [1.54, 1.807) is 0 Å². The van der Waals surface area contributed by atoms with Crippen LogP contribution in [0.25, 0.3) is 0 Å². The molecule has 1 unspecified atom stereocenters. The molecule has 57 heavy (non-hydrogen) atoms. The molecular weight excluding hydrogens is 701 g/mol. The van der Waals surface area contributed by atoms with Gasteiger partial charge in [-0.1, -0.05) is 209 Å². The summed E-state index contributed by atoms with van der Waals surface area (Å²) in [5, 5.41) is 9.64. The molecule has 0 amide bonds. The quantitative estimate of drug-likeness (QED) is 0.0379. The Balaban J connectivity index is 3.49. The van der Waals surface area contributed by atoms with Gasteiger partial charge in [0.1, 0.15) is 6.10 Å². The van der Waals surface area contributed by atoms with Crippen molar-refractivity contribution in [2.45, 2.75) is 238 Å². The van der Waals surface area contributed by atoms with Crippen LogP contribution in [0.4, 0.5) is 0 Å². The minimum Gasteiger partial charge on any atom is -0.457 e. The van der Waals surface area contributed by atoms with E-state index in [1.165, 1.54) is 161 Å². The molecule has 0 saturated heterocycles. The number of carbonyl (C=O) groups excluding carboxylic acids is 1. The Morgan fingerprint density at radius 2 is 0.737 bits per heavy atom. The molecule has 0 aromatic carbocycles. The second-order valence-corrected chi connectivity index (χ2v) is 16.2. The third-order valence-corrected chi connectivity index (χ3v) is 10.5. The Morgan fingerprint density at radius 1 is 0.421 bits per heavy atom. The summed E-state index contributed by atoms with van der Waals surface area (Å²) in [6, 6.07) is 0. The summed E-state index contributed by atoms with van der Waals surface area (Å²) in [6.07, 6.45) is 68.3. The fraction of sp³-hybridized carbons (Fsp3) is 0.755. The molecule has 1 atom stereocenters. The predicted octanol–water partition coefficient (Wildman–Crippen LogP) is 16.5. The summed E-state index contributed by atoms with van der Waals surface area (Å²) in [5.41, 5.74) is 0. The highest BCUT2D eigenvalue weighted by atomic mass is 16.6. The number of hydrogen-bond acceptors (Lipinski definition) is 4. The molecular formula is C53H94O4. The predicted molar refractivity (Wildman–Crippen MR) is 251 cm³/mol. The maximum atomic E-state index is 12.3. The van der Waals surface area contributed by atoms with Gasteiger partial charge in [0.05, 0.1) is 13.2 Å². The number of rotatable bonds is 45. The van der Waals surface area contributed by atoms with Crippen LogP contribution >= 0.6 is 0 Å². The second kappa shape index (κ2) is 50.0. The van der Waals surface area contributed by atoms with E-state index in [4.69, 9.17) is 9.47 Å². The summed E-state index contributed by atoms with van der Waals surface area (Å²) in [7, 11) is 0. The zero-order chi connectivity index (χ0) is 41.2. The van der Waals surface area contributed by atoms with Crippen molar-refractivity contribution in [3.05, 3.63) is 72.9 Å². The number of aliphatic hydroxyl groups is 1. The average molecular weight is 795 g/mol. The first-order valence-corrected chi connectivity index (χ1v) is 24.5. The molecule has 0 bridgehead atoms. The minimum absolute atomic E-state index is 0.182. The number of carbonyl (C=O) groups is 1. The van der Waals surface area contributed by atoms with Crippen LogP contribution in [-0.4, -0.2) is 37.0 Å². The molecule has 0 spiro atoms. The molecule has 4 heteroatoms. The van der Waals surface area contributed by atoms with Crippen molar-refractivity contribution in [1.29, 1.82) is 0 Å². The van der Waals surface area contributed by atoms with E-state index in [1.807, 2.05) is 0 Å². The lowest BCUT2D eigenvalue weighted by atomic mass is 10.1. The van der Waals surface area contributed by atoms with Crippen molar-refractivity contribution in [1.82, 2.24) is 0 Å². The van der Waals surface area contributed by atoms with Crippen LogP contribution in [0.15, 0.2) is 72.9 Å². The first-order valence-electron chi connectivity index (χ1n) is 24.5. The number of unbranched alkanes of at least 4 members (excludes halogenated alkanes) is 25. The van der Waals surface area contributed by atoms with E-state index >= 15 is 0 Å². The van der Waals surface area contributed by atoms with Gasteiger partial charge in [-0.25, -0.2) is 0 Å². The van der Waals surface area contributed by atoms with Crippen molar-refractivity contribution < 1.29 is 19.4 Å². The molecule has 0 aromatic rings. The molecule has 0 saturated carbocycles. The lowest BCUT2D eigenvalue weighted by Crippen LogP contribution is -2.27. The van der Waals surface area contributed by atoms with E-state index in [0.717, 1.165) is 51.4 Å². The van der Waals surface area contributed by atoms with Crippen LogP contribution in [0.5, 0.6) is 0 Å². The molecule has 330 valence electrons. The van der Waals surface area contributed by atoms with E-state index in [0.29, 0.717) is 13.0 Å². The lowest BCUT2D eigenvalue weighted by molar-refractivity contribution is -0.154. The lowest BCUT2D eigenvalue weighted by Gasteiger charge is -2.16. The van der Waals surface area contributed by atoms with E-state index in [-0.39, 0.29) is 19.2 Å². The van der Waals surface area contributed by atoms with Gasteiger partial charge in [0.15, 0.2) is 0 Å². The average Bonchev–Trinajstić information content (AvgIpc) is 3.22. The van der Waals surface area contributed by atoms with E-state index in [9.17, 15) is 9.90 Å². The maximum absolute atomic E-state index is 12.3. The van der Waals surface area contributed by atoms with Crippen LogP contribution in [0.1, 0.15) is 232 Å². The highest BCUT2D eigenvalue weighted by molar-refractivity contribution is 5.69. The van der Waals surface area contributed by atoms with Gasteiger partial charge >= 0.3 is 5.97 Å². The molecule has 0 fully saturated rings. The first-order chi connectivity index (χ1) is 28.2. The number of esters is 1. The van der Waals surface area contributed by atoms with Gasteiger partial charge in [-0.3, -0.25) is 4.79 Å². The van der Waals surface area contributed by atoms with Crippen molar-refractivity contribution in [3.63, 3.8) is 0 Å². The Kier molecular flexibility index (Phi) is 48.1. The van der Waals surface area contributed by atoms with Gasteiger partial charge in [-0.05, 0) is 89.9 Å². The van der Waals surface area contributed by atoms with Crippen LogP contribution in [0.3, 0.4) is 0 Å². The van der Waals surface area contributed by atoms with Gasteiger partial charge in [-0.2, -0.15) is 0 Å². The zero-order valence-corrected chi connectivity index (χ0v) is 37.8. The highest BCUT2D eigenvalue weighted by Gasteiger charge is 2.13. The van der Waals surface area contributed by atoms with Crippen molar-refractivity contribution in [3.8, 4) is 0 Å². The Bertz CT molecular complexity index is 973. The smallest absolute Gasteiger partial charge is 0.306 e. The molecule has 4 nitrogen and oxygen atoms in total. The highest BCUT2D eigenvalue weighted by Crippen LogP contribution is 2.13. The van der Waals surface area contributed by atoms with Gasteiger partial charge < -0.3 is 14.6 Å². The number of hydrogen-bond donors (Lipinski definition) is 1. The molecule has 1 N–H and O–H groups in total. The molecule has 0 rings (SSSR count). The van der Waals surface area contributed by atoms with E-state index < -0.39 is 6.10 Å². The van der Waals surface area contributed by atoms with Gasteiger partial charge in [0, 0.05) is 13.0 Å². The first kappa shape index (κ1) is 54.8. The SMILES string of the molecule is CCCCCCC/C=C\C/C=C\C/C=C\CCCCCCCCCCC(=O)OC(CO)COCCCCCCCCC/C=C\C/C=C\C/C=C\CCCCCCC. The summed E-state index contributed by atoms with van der Waals surface area (Å²) < 4.78 is 11.2. The molecule has 0 radical (unpaired) electrons. The Labute approximate surface area is 355 Å². The number of allylic oxidation sites excluding steroid dienone is 12. The minimum atomic E-state index is -0.548. The Hall–Kier alpha value is -2.17. The number of aliphatic hydroxyl groups excluding tert-OH is 1. The second-order valence-electron chi connectivity index (χ2n) is 16.2. The summed E-state index contributed by atoms with van der Waals surface area (Å²) in [4.78, 5) is 12.3. The van der Waals surface area contributed by atoms with Crippen LogP contribution in [0.2, 0.25) is 0 Å². The van der Waals surface area contributed by atoms with Crippen LogP contribution in [-0.2, 0) is 14.3 Å². The van der Waals surface area contributed by atoms with Gasteiger partial charge in [0.2, 0.25) is 0 Å². The third-order valence-electron chi connectivity index (χ3n) is 10.5. The molecule has 0 aliphatic rings. The van der Waals surface area contributed by atoms with E-state index in [2.05, 4.69) is 86.8 Å². The number of ether oxygens (including phenoxy) is 2. The fourth-order valence-electron chi connectivity index (χ4n) is 6.81. The largest absolute Gasteiger partial charge is 0.457 e. The van der Waals surface area contributed by atoms with Crippen LogP contribution in [0, 0.1) is 0 Å². The molecule has 0 aliphatic carbocycles. The van der Waals surface area contributed by atoms with Crippen molar-refractivity contribution in [2.75, 3.05) is 19.8 Å². The van der Waals surface area contributed by atoms with Crippen molar-refractivity contribution >= 4 is 5.97 Å². The maximum Gasteiger partial charge on any atom is 0.306 e. The molecule has 0 heterocycles. The topological polar surface area (TPSA) is 55.8 Å². The van der Waals surface area contributed by atoms with Crippen LogP contribution < -0.4 is 0 Å². The summed E-state index contributed by atoms with van der Waals surface area (Å²) >= 11 is 0. The standard InChI is InChI=1S/C53H94O4/c1-3-5-7-9-11-13-15-17-19-21-23-25-27-28-30-32-34-36-38-40-42-44-46-48-53(55)57-52(50-54)51-56-49-47-45-43-41-39-37-35-33-31-29-26-24-22-20-18-16-14-12-10-8-6-4-2/h15-18,21-24,27-29,31,52,54H,3-14,19-20,25-26,30,32-51H2,1-2H3/b17-15-,18-16-,23-21-,24-22-,28-27-,31-29-. The fourth-order valence-corrected chi connectivity index (χ4v) is 6.81. The third kappa shape index (κ3) is 48.1. The van der Waals surface area contributed by atoms with Gasteiger partial charge in [0.25, 0.3) is 0 Å². The van der Waals surface area contributed by atoms with Crippen molar-refractivity contribution in [2.24, 2.45) is 0 Å². The molecule has 0 aromatic heterocycles. The van der Waals surface area contributed by atoms with Gasteiger partial charge in [-0.15, -0.1) is 0 Å². The Morgan fingerprint density at radius 3 is 1.11 bits per heavy atom. The monoisotopic (exact) mass is 795 g/mol. The normalized spacial score (nSPS) is 13.0. The summed E-state index contributed by atoms with van der Waals surface area (Å²) in [5.74, 6) is -0.212.